The van der Waals surface area contributed by atoms with Gasteiger partial charge in [-0.05, 0) is 43.3 Å². The molecule has 0 bridgehead atoms. The highest BCUT2D eigenvalue weighted by molar-refractivity contribution is 7.92. The Morgan fingerprint density at radius 3 is 2.50 bits per heavy atom. The van der Waals surface area contributed by atoms with Crippen LogP contribution in [0.4, 0.5) is 29.3 Å². The smallest absolute Gasteiger partial charge is 0.416 e. The first-order valence-electron chi connectivity index (χ1n) is 13.5. The van der Waals surface area contributed by atoms with Gasteiger partial charge in [0.1, 0.15) is 6.10 Å². The summed E-state index contributed by atoms with van der Waals surface area (Å²) in [7, 11) is -1.11. The summed E-state index contributed by atoms with van der Waals surface area (Å²) in [6, 6.07) is 7.15. The van der Waals surface area contributed by atoms with Crippen molar-refractivity contribution in [2.75, 3.05) is 36.8 Å². The topological polar surface area (TPSA) is 146 Å². The maximum atomic E-state index is 13.6. The first kappa shape index (κ1) is 32.6. The number of aromatic nitrogens is 2. The van der Waals surface area contributed by atoms with Crippen LogP contribution in [-0.2, 0) is 23.2 Å². The van der Waals surface area contributed by atoms with Gasteiger partial charge in [0.2, 0.25) is 0 Å². The Labute approximate surface area is 252 Å². The lowest BCUT2D eigenvalue weighted by atomic mass is 9.99. The van der Waals surface area contributed by atoms with Crippen molar-refractivity contribution in [3.05, 3.63) is 66.1 Å². The zero-order chi connectivity index (χ0) is 32.4. The first-order chi connectivity index (χ1) is 20.6. The van der Waals surface area contributed by atoms with Crippen LogP contribution in [0.25, 0.3) is 0 Å². The molecule has 1 aliphatic heterocycles. The van der Waals surface area contributed by atoms with Crippen LogP contribution in [0.1, 0.15) is 29.8 Å². The van der Waals surface area contributed by atoms with Crippen LogP contribution in [-0.4, -0.2) is 83.7 Å². The quantitative estimate of drug-likeness (QED) is 0.342. The molecule has 1 aliphatic rings. The number of fused-ring (bicyclic) bond motifs is 1. The van der Waals surface area contributed by atoms with Crippen LogP contribution in [0.5, 0.6) is 5.75 Å². The van der Waals surface area contributed by atoms with Crippen LogP contribution in [0.2, 0.25) is 0 Å². The van der Waals surface area contributed by atoms with Crippen LogP contribution < -0.4 is 14.8 Å². The van der Waals surface area contributed by atoms with Crippen molar-refractivity contribution < 1.29 is 41.0 Å². The average molecular weight is 639 g/mol. The third-order valence-electron chi connectivity index (χ3n) is 7.16. The molecule has 0 radical (unpaired) electrons. The van der Waals surface area contributed by atoms with Crippen LogP contribution in [0.3, 0.4) is 0 Å². The van der Waals surface area contributed by atoms with Crippen molar-refractivity contribution in [3.63, 3.8) is 0 Å². The predicted octanol–water partition coefficient (Wildman–Crippen LogP) is 3.62. The minimum atomic E-state index is -4.52. The van der Waals surface area contributed by atoms with E-state index in [2.05, 4.69) is 15.0 Å². The number of ether oxygens (including phenoxy) is 1. The standard InChI is InChI=1S/C28H33F3N6O6S/c1-17-12-37(18(2)15-38)26(39)21-6-5-7-22(34-44(41,42)24-14-35(3)16-32-24)25(21)43-23(17)13-36(4)27(40)33-20-10-8-19(9-11-20)28(29,30)31/h5-11,14,16-18,23,34,38H,12-13,15H2,1-4H3,(H,33,40)/t17-,18-,23-/m0/s1. The number of nitrogens with zero attached hydrogens (tertiary/aromatic N) is 4. The summed E-state index contributed by atoms with van der Waals surface area (Å²) >= 11 is 0. The summed E-state index contributed by atoms with van der Waals surface area (Å²) in [6.07, 6.45) is -2.68. The van der Waals surface area contributed by atoms with E-state index in [4.69, 9.17) is 4.74 Å². The first-order valence-corrected chi connectivity index (χ1v) is 15.0. The summed E-state index contributed by atoms with van der Waals surface area (Å²) in [5.41, 5.74) is -0.703. The fourth-order valence-corrected chi connectivity index (χ4v) is 5.63. The second kappa shape index (κ2) is 12.7. The van der Waals surface area contributed by atoms with Gasteiger partial charge in [-0.25, -0.2) is 9.78 Å². The number of benzene rings is 2. The third-order valence-corrected chi connectivity index (χ3v) is 8.41. The monoisotopic (exact) mass is 638 g/mol. The number of amides is 3. The fraction of sp³-hybridized carbons (Fsp3) is 0.393. The number of urea groups is 1. The van der Waals surface area contributed by atoms with Crippen molar-refractivity contribution in [2.24, 2.45) is 13.0 Å². The summed E-state index contributed by atoms with van der Waals surface area (Å²) in [4.78, 5) is 33.3. The maximum Gasteiger partial charge on any atom is 0.416 e. The van der Waals surface area contributed by atoms with E-state index in [1.165, 1.54) is 52.1 Å². The van der Waals surface area contributed by atoms with Crippen molar-refractivity contribution in [2.45, 2.75) is 37.2 Å². The number of anilines is 2. The summed E-state index contributed by atoms with van der Waals surface area (Å²) in [6.45, 7) is 3.20. The van der Waals surface area contributed by atoms with Crippen LogP contribution >= 0.6 is 0 Å². The number of aliphatic hydroxyl groups excluding tert-OH is 1. The Kier molecular flexibility index (Phi) is 9.44. The minimum absolute atomic E-state index is 0.0333. The molecule has 0 spiro atoms. The van der Waals surface area contributed by atoms with E-state index >= 15 is 0 Å². The lowest BCUT2D eigenvalue weighted by Gasteiger charge is -2.38. The maximum absolute atomic E-state index is 13.6. The Morgan fingerprint density at radius 1 is 1.23 bits per heavy atom. The lowest BCUT2D eigenvalue weighted by Crippen LogP contribution is -2.50. The molecule has 2 heterocycles. The summed E-state index contributed by atoms with van der Waals surface area (Å²) in [5.74, 6) is -0.984. The highest BCUT2D eigenvalue weighted by atomic mass is 32.2. The van der Waals surface area contributed by atoms with Gasteiger partial charge >= 0.3 is 12.2 Å². The molecule has 44 heavy (non-hydrogen) atoms. The molecule has 0 unspecified atom stereocenters. The average Bonchev–Trinajstić information content (AvgIpc) is 3.41. The molecular formula is C28H33F3N6O6S. The van der Waals surface area contributed by atoms with Gasteiger partial charge in [0, 0.05) is 38.4 Å². The largest absolute Gasteiger partial charge is 0.485 e. The van der Waals surface area contributed by atoms with E-state index in [-0.39, 0.29) is 47.4 Å². The van der Waals surface area contributed by atoms with E-state index in [0.29, 0.717) is 0 Å². The number of halogens is 3. The van der Waals surface area contributed by atoms with Gasteiger partial charge < -0.3 is 29.5 Å². The number of aliphatic hydroxyl groups is 1. The van der Waals surface area contributed by atoms with Crippen molar-refractivity contribution in [1.82, 2.24) is 19.4 Å². The van der Waals surface area contributed by atoms with Gasteiger partial charge in [0.25, 0.3) is 15.9 Å². The Bertz CT molecular complexity index is 1610. The molecular weight excluding hydrogens is 605 g/mol. The van der Waals surface area contributed by atoms with Gasteiger partial charge in [-0.3, -0.25) is 9.52 Å². The molecule has 1 aromatic heterocycles. The summed E-state index contributed by atoms with van der Waals surface area (Å²) < 4.78 is 75.2. The molecule has 0 aliphatic carbocycles. The molecule has 2 aromatic carbocycles. The number of nitrogens with one attached hydrogen (secondary N) is 2. The molecule has 4 rings (SSSR count). The van der Waals surface area contributed by atoms with E-state index < -0.39 is 51.8 Å². The lowest BCUT2D eigenvalue weighted by molar-refractivity contribution is -0.137. The number of carbonyl (C=O) groups excluding carboxylic acids is 2. The number of hydrogen-bond donors (Lipinski definition) is 3. The number of rotatable bonds is 8. The second-order valence-corrected chi connectivity index (χ2v) is 12.3. The summed E-state index contributed by atoms with van der Waals surface area (Å²) in [5, 5.41) is 12.2. The molecule has 3 aromatic rings. The Balaban J connectivity index is 1.64. The molecule has 3 N–H and O–H groups in total. The van der Waals surface area contributed by atoms with Gasteiger partial charge in [0.15, 0.2) is 10.8 Å². The molecule has 16 heteroatoms. The molecule has 3 amide bonds. The number of carbonyl (C=O) groups is 2. The number of hydrogen-bond acceptors (Lipinski definition) is 7. The number of sulfonamides is 1. The normalized spacial score (nSPS) is 18.0. The number of likely N-dealkylation sites (N-methyl/N-ethyl adjacent to an activating group) is 1. The molecule has 3 atom stereocenters. The highest BCUT2D eigenvalue weighted by Gasteiger charge is 2.36. The van der Waals surface area contributed by atoms with Gasteiger partial charge in [-0.2, -0.15) is 21.6 Å². The van der Waals surface area contributed by atoms with E-state index in [9.17, 15) is 36.3 Å². The number of alkyl halides is 3. The Morgan fingerprint density at radius 2 is 1.91 bits per heavy atom. The van der Waals surface area contributed by atoms with Crippen molar-refractivity contribution >= 4 is 33.3 Å². The fourth-order valence-electron chi connectivity index (χ4n) is 4.58. The SMILES string of the molecule is C[C@H]1CN([C@@H](C)CO)C(=O)c2cccc(NS(=O)(=O)c3cn(C)cn3)c2O[C@H]1CN(C)C(=O)Nc1ccc(C(F)(F)F)cc1. The molecule has 0 fully saturated rings. The van der Waals surface area contributed by atoms with Crippen molar-refractivity contribution in [3.8, 4) is 5.75 Å². The van der Waals surface area contributed by atoms with E-state index in [1.807, 2.05) is 0 Å². The third kappa shape index (κ3) is 7.24. The number of imidazole rings is 1. The van der Waals surface area contributed by atoms with Crippen LogP contribution in [0, 0.1) is 5.92 Å². The van der Waals surface area contributed by atoms with Gasteiger partial charge in [-0.15, -0.1) is 0 Å². The van der Waals surface area contributed by atoms with E-state index in [0.717, 1.165) is 24.3 Å². The van der Waals surface area contributed by atoms with Crippen LogP contribution in [0.15, 0.2) is 60.0 Å². The van der Waals surface area contributed by atoms with Gasteiger partial charge in [-0.1, -0.05) is 13.0 Å². The zero-order valence-corrected chi connectivity index (χ0v) is 25.2. The van der Waals surface area contributed by atoms with Crippen molar-refractivity contribution in [1.29, 1.82) is 0 Å². The second-order valence-electron chi connectivity index (χ2n) is 10.7. The molecule has 0 saturated heterocycles. The zero-order valence-electron chi connectivity index (χ0n) is 24.4. The molecule has 238 valence electrons. The molecule has 12 nitrogen and oxygen atoms in total. The predicted molar refractivity (Wildman–Crippen MR) is 155 cm³/mol. The van der Waals surface area contributed by atoms with E-state index in [1.54, 1.807) is 20.9 Å². The number of aryl methyl sites for hydroxylation is 1. The number of para-hydroxylation sites is 1. The molecule has 0 saturated carbocycles. The highest BCUT2D eigenvalue weighted by Crippen LogP contribution is 2.36. The Hall–Kier alpha value is -4.31. The van der Waals surface area contributed by atoms with Gasteiger partial charge in [0.05, 0.1) is 42.3 Å². The minimum Gasteiger partial charge on any atom is -0.485 e.